The molecule has 0 saturated carbocycles. The highest BCUT2D eigenvalue weighted by molar-refractivity contribution is 8.06. The van der Waals surface area contributed by atoms with Crippen LogP contribution in [0.1, 0.15) is 18.7 Å². The van der Waals surface area contributed by atoms with E-state index in [1.165, 1.54) is 4.91 Å². The van der Waals surface area contributed by atoms with Crippen molar-refractivity contribution in [3.8, 4) is 0 Å². The summed E-state index contributed by atoms with van der Waals surface area (Å²) in [5.74, 6) is 0.960. The van der Waals surface area contributed by atoms with E-state index < -0.39 is 0 Å². The molecule has 1 aromatic heterocycles. The third-order valence-electron chi connectivity index (χ3n) is 3.18. The molecule has 0 aromatic carbocycles. The number of thiol groups is 1. The van der Waals surface area contributed by atoms with Gasteiger partial charge in [0.25, 0.3) is 0 Å². The summed E-state index contributed by atoms with van der Waals surface area (Å²) in [6.45, 7) is 6.02. The molecule has 1 aliphatic rings. The quantitative estimate of drug-likeness (QED) is 0.314. The van der Waals surface area contributed by atoms with Gasteiger partial charge in [0, 0.05) is 18.0 Å². The van der Waals surface area contributed by atoms with Gasteiger partial charge in [-0.1, -0.05) is 30.4 Å². The highest BCUT2D eigenvalue weighted by Gasteiger charge is 2.20. The second-order valence-electron chi connectivity index (χ2n) is 4.51. The standard InChI is InChI=1S/C15H18N2S5/c1-3-16-10-21-11(13(16)18)8-6-5-7-9-12-14(19)17(4-2)15(20)22-12/h5-9,19H,3-4,10H2,1-2H3/b6-5+,9-7+,11-8-. The Balaban J connectivity index is 2.01. The zero-order chi connectivity index (χ0) is 16.1. The molecule has 118 valence electrons. The topological polar surface area (TPSA) is 8.17 Å². The maximum absolute atomic E-state index is 5.43. The van der Waals surface area contributed by atoms with E-state index in [0.717, 1.165) is 37.8 Å². The lowest BCUT2D eigenvalue weighted by molar-refractivity contribution is 0.536. The third-order valence-corrected chi connectivity index (χ3v) is 6.92. The van der Waals surface area contributed by atoms with Crippen molar-refractivity contribution in [1.29, 1.82) is 0 Å². The SMILES string of the molecule is CCN1CS\C(=C/C=C/C=C/c2sc(=S)n(CC)c2S)C1=S. The molecule has 7 heteroatoms. The van der Waals surface area contributed by atoms with Crippen LogP contribution in [-0.2, 0) is 6.54 Å². The van der Waals surface area contributed by atoms with Gasteiger partial charge in [-0.3, -0.25) is 0 Å². The minimum atomic E-state index is 0.854. The van der Waals surface area contributed by atoms with E-state index in [4.69, 9.17) is 24.4 Å². The Bertz CT molecular complexity index is 693. The first-order valence-electron chi connectivity index (χ1n) is 6.98. The average Bonchev–Trinajstić information content (AvgIpc) is 2.99. The summed E-state index contributed by atoms with van der Waals surface area (Å²) in [6, 6.07) is 0. The maximum Gasteiger partial charge on any atom is 0.162 e. The zero-order valence-electron chi connectivity index (χ0n) is 12.5. The number of nitrogens with zero attached hydrogens (tertiary/aromatic N) is 2. The van der Waals surface area contributed by atoms with Crippen molar-refractivity contribution in [3.05, 3.63) is 38.0 Å². The number of hydrogen-bond acceptors (Lipinski definition) is 5. The van der Waals surface area contributed by atoms with Gasteiger partial charge in [0.05, 0.1) is 15.8 Å². The molecule has 1 saturated heterocycles. The fraction of sp³-hybridized carbons (Fsp3) is 0.333. The van der Waals surface area contributed by atoms with E-state index >= 15 is 0 Å². The molecule has 0 spiro atoms. The van der Waals surface area contributed by atoms with Crippen LogP contribution in [0.25, 0.3) is 6.08 Å². The minimum Gasteiger partial charge on any atom is -0.353 e. The summed E-state index contributed by atoms with van der Waals surface area (Å²) in [5, 5.41) is 0.937. The Labute approximate surface area is 156 Å². The van der Waals surface area contributed by atoms with Crippen LogP contribution in [0.4, 0.5) is 0 Å². The van der Waals surface area contributed by atoms with Gasteiger partial charge >= 0.3 is 0 Å². The number of likely N-dealkylation sites (N-methyl/N-ethyl adjacent to an activating group) is 1. The Kier molecular flexibility index (Phi) is 6.95. The second-order valence-corrected chi connectivity index (χ2v) is 7.98. The predicted octanol–water partition coefficient (Wildman–Crippen LogP) is 5.39. The summed E-state index contributed by atoms with van der Waals surface area (Å²) in [6.07, 6.45) is 10.2. The van der Waals surface area contributed by atoms with E-state index in [-0.39, 0.29) is 0 Å². The van der Waals surface area contributed by atoms with Crippen molar-refractivity contribution in [2.45, 2.75) is 25.4 Å². The van der Waals surface area contributed by atoms with Gasteiger partial charge in [-0.2, -0.15) is 0 Å². The highest BCUT2D eigenvalue weighted by atomic mass is 32.2. The predicted molar refractivity (Wildman–Crippen MR) is 110 cm³/mol. The van der Waals surface area contributed by atoms with E-state index in [2.05, 4.69) is 37.5 Å². The molecule has 2 nitrogen and oxygen atoms in total. The van der Waals surface area contributed by atoms with Gasteiger partial charge in [0.2, 0.25) is 0 Å². The Hall–Kier alpha value is -0.340. The van der Waals surface area contributed by atoms with Crippen molar-refractivity contribution in [3.63, 3.8) is 0 Å². The molecule has 2 heterocycles. The molecule has 0 atom stereocenters. The monoisotopic (exact) mass is 386 g/mol. The first kappa shape index (κ1) is 18.0. The lowest BCUT2D eigenvalue weighted by atomic mass is 10.3. The summed E-state index contributed by atoms with van der Waals surface area (Å²) < 4.78 is 2.90. The Morgan fingerprint density at radius 1 is 1.18 bits per heavy atom. The highest BCUT2D eigenvalue weighted by Crippen LogP contribution is 2.28. The van der Waals surface area contributed by atoms with E-state index in [9.17, 15) is 0 Å². The molecule has 0 amide bonds. The van der Waals surface area contributed by atoms with Gasteiger partial charge in [0.15, 0.2) is 3.95 Å². The van der Waals surface area contributed by atoms with Crippen LogP contribution >= 0.6 is 60.2 Å². The molecule has 0 N–H and O–H groups in total. The van der Waals surface area contributed by atoms with Gasteiger partial charge in [-0.15, -0.1) is 35.7 Å². The number of allylic oxidation sites excluding steroid dienone is 4. The Morgan fingerprint density at radius 2 is 1.95 bits per heavy atom. The first-order valence-corrected chi connectivity index (χ1v) is 10.0. The van der Waals surface area contributed by atoms with E-state index in [1.54, 1.807) is 23.1 Å². The zero-order valence-corrected chi connectivity index (χ0v) is 16.6. The molecule has 0 bridgehead atoms. The molecule has 0 unspecified atom stereocenters. The van der Waals surface area contributed by atoms with Gasteiger partial charge < -0.3 is 9.47 Å². The number of thioether (sulfide) groups is 1. The average molecular weight is 387 g/mol. The van der Waals surface area contributed by atoms with Crippen LogP contribution in [0.15, 0.2) is 34.2 Å². The third kappa shape index (κ3) is 4.14. The van der Waals surface area contributed by atoms with Gasteiger partial charge in [-0.25, -0.2) is 0 Å². The largest absolute Gasteiger partial charge is 0.353 e. The van der Waals surface area contributed by atoms with Crippen molar-refractivity contribution in [2.75, 3.05) is 12.4 Å². The number of thiazole rings is 1. The van der Waals surface area contributed by atoms with Crippen molar-refractivity contribution < 1.29 is 0 Å². The molecule has 1 aromatic rings. The van der Waals surface area contributed by atoms with Crippen LogP contribution in [-0.4, -0.2) is 26.9 Å². The van der Waals surface area contributed by atoms with Crippen molar-refractivity contribution in [2.24, 2.45) is 0 Å². The van der Waals surface area contributed by atoms with Gasteiger partial charge in [0.1, 0.15) is 4.99 Å². The summed E-state index contributed by atoms with van der Waals surface area (Å²) >= 11 is 18.7. The number of thiocarbonyl (C=S) groups is 1. The van der Waals surface area contributed by atoms with Crippen molar-refractivity contribution >= 4 is 71.2 Å². The first-order chi connectivity index (χ1) is 10.6. The molecule has 22 heavy (non-hydrogen) atoms. The van der Waals surface area contributed by atoms with E-state index in [0.29, 0.717) is 0 Å². The minimum absolute atomic E-state index is 0.854. The van der Waals surface area contributed by atoms with E-state index in [1.807, 2.05) is 28.9 Å². The van der Waals surface area contributed by atoms with Crippen LogP contribution in [0.3, 0.4) is 0 Å². The maximum atomic E-state index is 5.43. The lowest BCUT2D eigenvalue weighted by Crippen LogP contribution is -2.22. The summed E-state index contributed by atoms with van der Waals surface area (Å²) in [4.78, 5) is 5.42. The van der Waals surface area contributed by atoms with Crippen LogP contribution < -0.4 is 0 Å². The molecule has 2 rings (SSSR count). The number of hydrogen-bond donors (Lipinski definition) is 1. The fourth-order valence-corrected chi connectivity index (χ4v) is 5.43. The molecule has 1 fully saturated rings. The fourth-order valence-electron chi connectivity index (χ4n) is 1.93. The second kappa shape index (κ2) is 8.49. The van der Waals surface area contributed by atoms with Crippen LogP contribution in [0, 0.1) is 3.95 Å². The Morgan fingerprint density at radius 3 is 2.55 bits per heavy atom. The number of rotatable bonds is 5. The smallest absolute Gasteiger partial charge is 0.162 e. The molecule has 0 radical (unpaired) electrons. The van der Waals surface area contributed by atoms with Crippen LogP contribution in [0.5, 0.6) is 0 Å². The van der Waals surface area contributed by atoms with Gasteiger partial charge in [-0.05, 0) is 38.2 Å². The lowest BCUT2D eigenvalue weighted by Gasteiger charge is -2.12. The van der Waals surface area contributed by atoms with Crippen molar-refractivity contribution in [1.82, 2.24) is 9.47 Å². The molecule has 0 aliphatic carbocycles. The summed E-state index contributed by atoms with van der Waals surface area (Å²) in [5.41, 5.74) is 0. The van der Waals surface area contributed by atoms with Crippen LogP contribution in [0.2, 0.25) is 0 Å². The molecule has 1 aliphatic heterocycles. The normalized spacial score (nSPS) is 17.7. The number of aromatic nitrogens is 1. The summed E-state index contributed by atoms with van der Waals surface area (Å²) in [7, 11) is 0. The molecular formula is C15H18N2S5. The molecular weight excluding hydrogens is 369 g/mol.